The minimum atomic E-state index is -4.77. The summed E-state index contributed by atoms with van der Waals surface area (Å²) in [5.74, 6) is -0.587. The van der Waals surface area contributed by atoms with E-state index in [0.29, 0.717) is 24.3 Å². The Labute approximate surface area is 249 Å². The molecule has 224 valence electrons. The summed E-state index contributed by atoms with van der Waals surface area (Å²) in [6.07, 6.45) is -3.57. The molecule has 5 rings (SSSR count). The number of halogens is 4. The lowest BCUT2D eigenvalue weighted by Crippen LogP contribution is -2.52. The number of rotatable bonds is 6. The van der Waals surface area contributed by atoms with E-state index in [1.54, 1.807) is 17.9 Å². The number of likely N-dealkylation sites (tertiary alicyclic amines) is 1. The van der Waals surface area contributed by atoms with Crippen LogP contribution in [0.15, 0.2) is 64.7 Å². The second-order valence-corrected chi connectivity index (χ2v) is 11.4. The Balaban J connectivity index is 1.84. The third-order valence-electron chi connectivity index (χ3n) is 7.70. The molecule has 0 unspecified atom stereocenters. The lowest BCUT2D eigenvalue weighted by Gasteiger charge is -2.39. The summed E-state index contributed by atoms with van der Waals surface area (Å²) in [6, 6.07) is 10.1. The number of carbonyl (C=O) groups is 1. The lowest BCUT2D eigenvalue weighted by molar-refractivity contribution is -0.137. The predicted molar refractivity (Wildman–Crippen MR) is 161 cm³/mol. The van der Waals surface area contributed by atoms with E-state index < -0.39 is 28.6 Å². The highest BCUT2D eigenvalue weighted by Gasteiger charge is 2.36. The van der Waals surface area contributed by atoms with Crippen molar-refractivity contribution in [1.29, 1.82) is 0 Å². The third kappa shape index (κ3) is 5.33. The number of fused-ring (bicyclic) bond motifs is 1. The van der Waals surface area contributed by atoms with Gasteiger partial charge in [-0.3, -0.25) is 19.0 Å². The smallest absolute Gasteiger partial charge is 0.384 e. The Morgan fingerprint density at radius 1 is 1.14 bits per heavy atom. The van der Waals surface area contributed by atoms with Gasteiger partial charge in [0, 0.05) is 31.1 Å². The van der Waals surface area contributed by atoms with Crippen molar-refractivity contribution in [1.82, 2.24) is 19.0 Å². The van der Waals surface area contributed by atoms with Gasteiger partial charge in [0.05, 0.1) is 33.0 Å². The molecule has 3 heterocycles. The van der Waals surface area contributed by atoms with Gasteiger partial charge < -0.3 is 15.2 Å². The van der Waals surface area contributed by atoms with Gasteiger partial charge in [-0.15, -0.1) is 0 Å². The number of pyridine rings is 1. The van der Waals surface area contributed by atoms with Crippen molar-refractivity contribution in [3.05, 3.63) is 97.5 Å². The van der Waals surface area contributed by atoms with Gasteiger partial charge in [0.25, 0.3) is 0 Å². The average Bonchev–Trinajstić information content (AvgIpc) is 2.91. The van der Waals surface area contributed by atoms with Gasteiger partial charge in [0.2, 0.25) is 5.91 Å². The van der Waals surface area contributed by atoms with E-state index in [-0.39, 0.29) is 51.7 Å². The van der Waals surface area contributed by atoms with E-state index >= 15 is 0 Å². The molecular formula is C31H29ClF3N5O3. The number of amides is 1. The zero-order valence-electron chi connectivity index (χ0n) is 23.7. The molecular weight excluding hydrogens is 583 g/mol. The molecule has 1 aliphatic heterocycles. The molecule has 0 atom stereocenters. The SMILES string of the molecule is C=CC(=O)N1CC(Cn2c(=O)c(=O)n(-c3c(C)cccc3C(C)C)c3cc(-c4nc(N)ccc4C(F)(F)F)c(Cl)cc32)C1. The fraction of sp³-hybridized carbons (Fsp3) is 0.290. The molecule has 2 N–H and O–H groups in total. The monoisotopic (exact) mass is 611 g/mol. The summed E-state index contributed by atoms with van der Waals surface area (Å²) in [7, 11) is 0. The number of nitrogen functional groups attached to an aromatic ring is 1. The lowest BCUT2D eigenvalue weighted by atomic mass is 9.97. The average molecular weight is 612 g/mol. The van der Waals surface area contributed by atoms with Crippen LogP contribution >= 0.6 is 11.6 Å². The number of hydrogen-bond donors (Lipinski definition) is 1. The fourth-order valence-corrected chi connectivity index (χ4v) is 5.82. The van der Waals surface area contributed by atoms with Gasteiger partial charge in [-0.05, 0) is 54.3 Å². The second kappa shape index (κ2) is 11.0. The number of hydrogen-bond acceptors (Lipinski definition) is 5. The summed E-state index contributed by atoms with van der Waals surface area (Å²) >= 11 is 6.64. The second-order valence-electron chi connectivity index (χ2n) is 11.0. The molecule has 8 nitrogen and oxygen atoms in total. The summed E-state index contributed by atoms with van der Waals surface area (Å²) in [4.78, 5) is 45.2. The molecule has 1 aliphatic rings. The van der Waals surface area contributed by atoms with Crippen LogP contribution < -0.4 is 16.9 Å². The van der Waals surface area contributed by atoms with E-state index in [4.69, 9.17) is 17.3 Å². The van der Waals surface area contributed by atoms with Crippen molar-refractivity contribution >= 4 is 34.4 Å². The standard InChI is InChI=1S/C31H29ClF3N5O3/c1-5-26(41)38-13-18(14-38)15-39-23-12-22(32)20(27-21(31(33,34)35)9-10-25(36)37-27)11-24(23)40(30(43)29(39)42)28-17(4)7-6-8-19(28)16(2)3/h5-12,16,18H,1,13-15H2,2-4H3,(H2,36,37). The Kier molecular flexibility index (Phi) is 7.72. The number of alkyl halides is 3. The van der Waals surface area contributed by atoms with E-state index in [2.05, 4.69) is 11.6 Å². The molecule has 2 aromatic heterocycles. The number of nitrogens with zero attached hydrogens (tertiary/aromatic N) is 4. The van der Waals surface area contributed by atoms with Crippen molar-refractivity contribution in [2.45, 2.75) is 39.4 Å². The molecule has 43 heavy (non-hydrogen) atoms. The van der Waals surface area contributed by atoms with Crippen molar-refractivity contribution < 1.29 is 18.0 Å². The maximum atomic E-state index is 14.1. The molecule has 12 heteroatoms. The quantitative estimate of drug-likeness (QED) is 0.228. The normalized spacial score (nSPS) is 13.9. The number of carbonyl (C=O) groups excluding carboxylic acids is 1. The van der Waals surface area contributed by atoms with Crippen LogP contribution in [0, 0.1) is 12.8 Å². The largest absolute Gasteiger partial charge is 0.418 e. The van der Waals surface area contributed by atoms with Gasteiger partial charge in [-0.2, -0.15) is 13.2 Å². The van der Waals surface area contributed by atoms with E-state index in [1.807, 2.05) is 26.0 Å². The minimum absolute atomic E-state index is 0.0539. The van der Waals surface area contributed by atoms with Crippen LogP contribution in [0.4, 0.5) is 19.0 Å². The van der Waals surface area contributed by atoms with Crippen LogP contribution in [0.1, 0.15) is 36.5 Å². The molecule has 0 aliphatic carbocycles. The van der Waals surface area contributed by atoms with Crippen LogP contribution in [0.2, 0.25) is 5.02 Å². The molecule has 1 fully saturated rings. The molecule has 1 amide bonds. The van der Waals surface area contributed by atoms with Crippen molar-refractivity contribution in [3.8, 4) is 16.9 Å². The molecule has 0 spiro atoms. The Morgan fingerprint density at radius 2 is 1.84 bits per heavy atom. The van der Waals surface area contributed by atoms with E-state index in [1.165, 1.54) is 27.3 Å². The highest BCUT2D eigenvalue weighted by atomic mass is 35.5. The minimum Gasteiger partial charge on any atom is -0.384 e. The van der Waals surface area contributed by atoms with Crippen LogP contribution in [0.3, 0.4) is 0 Å². The molecule has 2 aromatic carbocycles. The maximum absolute atomic E-state index is 14.1. The Bertz CT molecular complexity index is 1910. The number of anilines is 1. The van der Waals surface area contributed by atoms with E-state index in [0.717, 1.165) is 17.7 Å². The molecule has 0 radical (unpaired) electrons. The number of aryl methyl sites for hydroxylation is 1. The highest BCUT2D eigenvalue weighted by molar-refractivity contribution is 6.34. The summed E-state index contributed by atoms with van der Waals surface area (Å²) in [6.45, 7) is 9.96. The number of para-hydroxylation sites is 1. The first kappa shape index (κ1) is 30.1. The Morgan fingerprint density at radius 3 is 2.47 bits per heavy atom. The number of aromatic nitrogens is 3. The zero-order chi connectivity index (χ0) is 31.4. The topological polar surface area (TPSA) is 103 Å². The van der Waals surface area contributed by atoms with Gasteiger partial charge in [-0.1, -0.05) is 50.2 Å². The predicted octanol–water partition coefficient (Wildman–Crippen LogP) is 5.55. The zero-order valence-corrected chi connectivity index (χ0v) is 24.5. The molecule has 1 saturated heterocycles. The van der Waals surface area contributed by atoms with Gasteiger partial charge >= 0.3 is 17.3 Å². The van der Waals surface area contributed by atoms with Crippen molar-refractivity contribution in [2.75, 3.05) is 18.8 Å². The first-order valence-corrected chi connectivity index (χ1v) is 13.9. The van der Waals surface area contributed by atoms with Gasteiger partial charge in [-0.25, -0.2) is 4.98 Å². The summed E-state index contributed by atoms with van der Waals surface area (Å²) < 4.78 is 44.8. The number of benzene rings is 2. The van der Waals surface area contributed by atoms with E-state index in [9.17, 15) is 27.6 Å². The number of nitrogens with two attached hydrogens (primary N) is 1. The van der Waals surface area contributed by atoms with Crippen LogP contribution in [-0.2, 0) is 17.5 Å². The molecule has 0 saturated carbocycles. The highest BCUT2D eigenvalue weighted by Crippen LogP contribution is 2.41. The molecule has 4 aromatic rings. The van der Waals surface area contributed by atoms with Crippen molar-refractivity contribution in [2.24, 2.45) is 5.92 Å². The molecule has 0 bridgehead atoms. The van der Waals surface area contributed by atoms with Crippen LogP contribution in [-0.4, -0.2) is 38.0 Å². The third-order valence-corrected chi connectivity index (χ3v) is 8.02. The Hall–Kier alpha value is -4.38. The summed E-state index contributed by atoms with van der Waals surface area (Å²) in [5.41, 5.74) is 4.82. The maximum Gasteiger partial charge on any atom is 0.418 e. The summed E-state index contributed by atoms with van der Waals surface area (Å²) in [5, 5.41) is -0.111. The first-order chi connectivity index (χ1) is 20.2. The first-order valence-electron chi connectivity index (χ1n) is 13.6. The van der Waals surface area contributed by atoms with Gasteiger partial charge in [0.15, 0.2) is 0 Å². The van der Waals surface area contributed by atoms with Crippen molar-refractivity contribution in [3.63, 3.8) is 0 Å². The fourth-order valence-electron chi connectivity index (χ4n) is 5.58. The van der Waals surface area contributed by atoms with Crippen LogP contribution in [0.5, 0.6) is 0 Å². The van der Waals surface area contributed by atoms with Gasteiger partial charge in [0.1, 0.15) is 5.82 Å². The van der Waals surface area contributed by atoms with Crippen LogP contribution in [0.25, 0.3) is 28.0 Å².